The summed E-state index contributed by atoms with van der Waals surface area (Å²) in [4.78, 5) is 16.2. The Morgan fingerprint density at radius 3 is 2.68 bits per heavy atom. The average molecular weight is 258 g/mol. The maximum Gasteiger partial charge on any atom is 0.234 e. The Morgan fingerprint density at radius 2 is 2.11 bits per heavy atom. The van der Waals surface area contributed by atoms with Gasteiger partial charge in [-0.3, -0.25) is 4.79 Å². The lowest BCUT2D eigenvalue weighted by atomic mass is 10.1. The number of likely N-dealkylation sites (N-methyl/N-ethyl adjacent to an activating group) is 1. The van der Waals surface area contributed by atoms with Crippen molar-refractivity contribution in [1.82, 2.24) is 20.2 Å². The molecule has 0 spiro atoms. The summed E-state index contributed by atoms with van der Waals surface area (Å²) < 4.78 is 1.91. The van der Waals surface area contributed by atoms with Crippen LogP contribution in [0.1, 0.15) is 17.4 Å². The summed E-state index contributed by atoms with van der Waals surface area (Å²) in [6.45, 7) is 0.285. The van der Waals surface area contributed by atoms with Gasteiger partial charge in [0.1, 0.15) is 11.9 Å². The number of amides is 1. The number of aromatic nitrogens is 2. The van der Waals surface area contributed by atoms with Gasteiger partial charge in [0.2, 0.25) is 5.91 Å². The van der Waals surface area contributed by atoms with Gasteiger partial charge in [-0.05, 0) is 12.6 Å². The fourth-order valence-corrected chi connectivity index (χ4v) is 1.97. The van der Waals surface area contributed by atoms with E-state index in [9.17, 15) is 4.79 Å². The smallest absolute Gasteiger partial charge is 0.234 e. The van der Waals surface area contributed by atoms with Crippen LogP contribution in [0.4, 0.5) is 0 Å². The lowest BCUT2D eigenvalue weighted by molar-refractivity contribution is -0.120. The van der Waals surface area contributed by atoms with E-state index in [4.69, 9.17) is 0 Å². The third-order valence-electron chi connectivity index (χ3n) is 2.89. The monoisotopic (exact) mass is 258 g/mol. The van der Waals surface area contributed by atoms with E-state index in [0.29, 0.717) is 0 Å². The van der Waals surface area contributed by atoms with Crippen LogP contribution in [0.5, 0.6) is 0 Å². The Kier molecular flexibility index (Phi) is 4.30. The molecule has 0 bridgehead atoms. The van der Waals surface area contributed by atoms with Crippen molar-refractivity contribution >= 4 is 5.91 Å². The Labute approximate surface area is 112 Å². The molecule has 1 heterocycles. The van der Waals surface area contributed by atoms with E-state index in [1.165, 1.54) is 0 Å². The van der Waals surface area contributed by atoms with Gasteiger partial charge in [0.05, 0.1) is 6.54 Å². The van der Waals surface area contributed by atoms with Crippen molar-refractivity contribution < 1.29 is 4.79 Å². The molecule has 19 heavy (non-hydrogen) atoms. The number of carbonyl (C=O) groups is 1. The highest BCUT2D eigenvalue weighted by atomic mass is 16.2. The lowest BCUT2D eigenvalue weighted by Crippen LogP contribution is -2.36. The summed E-state index contributed by atoms with van der Waals surface area (Å²) in [7, 11) is 3.67. The second kappa shape index (κ2) is 6.15. The Morgan fingerprint density at radius 1 is 1.37 bits per heavy atom. The molecule has 1 atom stereocenters. The quantitative estimate of drug-likeness (QED) is 0.835. The van der Waals surface area contributed by atoms with Crippen LogP contribution in [0, 0.1) is 0 Å². The molecule has 0 fully saturated rings. The molecular formula is C14H18N4O. The van der Waals surface area contributed by atoms with Gasteiger partial charge in [0.15, 0.2) is 0 Å². The predicted octanol–water partition coefficient (Wildman–Crippen LogP) is 0.845. The summed E-state index contributed by atoms with van der Waals surface area (Å²) in [6, 6.07) is 9.60. The third-order valence-corrected chi connectivity index (χ3v) is 2.89. The SMILES string of the molecule is CNCC(=O)N[C@H](c1ccccc1)c1nccn1C. The highest BCUT2D eigenvalue weighted by Crippen LogP contribution is 2.19. The van der Waals surface area contributed by atoms with Gasteiger partial charge in [-0.25, -0.2) is 4.98 Å². The van der Waals surface area contributed by atoms with Crippen LogP contribution in [0.3, 0.4) is 0 Å². The number of hydrogen-bond donors (Lipinski definition) is 2. The van der Waals surface area contributed by atoms with Crippen LogP contribution in [0.25, 0.3) is 0 Å². The highest BCUT2D eigenvalue weighted by molar-refractivity contribution is 5.78. The van der Waals surface area contributed by atoms with E-state index in [0.717, 1.165) is 11.4 Å². The van der Waals surface area contributed by atoms with Gasteiger partial charge in [-0.2, -0.15) is 0 Å². The van der Waals surface area contributed by atoms with E-state index in [1.54, 1.807) is 13.2 Å². The molecule has 0 aliphatic carbocycles. The van der Waals surface area contributed by atoms with Crippen LogP contribution in [-0.4, -0.2) is 29.1 Å². The molecule has 1 amide bonds. The van der Waals surface area contributed by atoms with Gasteiger partial charge in [0, 0.05) is 19.4 Å². The van der Waals surface area contributed by atoms with Crippen molar-refractivity contribution in [2.75, 3.05) is 13.6 Å². The normalized spacial score (nSPS) is 12.1. The first-order chi connectivity index (χ1) is 9.22. The molecule has 100 valence electrons. The van der Waals surface area contributed by atoms with Gasteiger partial charge < -0.3 is 15.2 Å². The number of hydrogen-bond acceptors (Lipinski definition) is 3. The molecule has 0 aliphatic rings. The molecule has 0 saturated heterocycles. The fourth-order valence-electron chi connectivity index (χ4n) is 1.97. The second-order valence-corrected chi connectivity index (χ2v) is 4.34. The first kappa shape index (κ1) is 13.3. The van der Waals surface area contributed by atoms with Crippen LogP contribution in [0.15, 0.2) is 42.7 Å². The van der Waals surface area contributed by atoms with Crippen molar-refractivity contribution in [3.8, 4) is 0 Å². The molecule has 0 unspecified atom stereocenters. The molecule has 2 N–H and O–H groups in total. The van der Waals surface area contributed by atoms with Crippen molar-refractivity contribution in [3.05, 3.63) is 54.1 Å². The largest absolute Gasteiger partial charge is 0.341 e. The number of nitrogens with zero attached hydrogens (tertiary/aromatic N) is 2. The molecule has 5 nitrogen and oxygen atoms in total. The van der Waals surface area contributed by atoms with Gasteiger partial charge in [-0.1, -0.05) is 30.3 Å². The highest BCUT2D eigenvalue weighted by Gasteiger charge is 2.19. The minimum Gasteiger partial charge on any atom is -0.341 e. The molecule has 0 saturated carbocycles. The van der Waals surface area contributed by atoms with E-state index >= 15 is 0 Å². The van der Waals surface area contributed by atoms with Crippen molar-refractivity contribution in [3.63, 3.8) is 0 Å². The average Bonchev–Trinajstić information content (AvgIpc) is 2.83. The summed E-state index contributed by atoms with van der Waals surface area (Å²) in [5.74, 6) is 0.759. The van der Waals surface area contributed by atoms with Crippen LogP contribution in [-0.2, 0) is 11.8 Å². The zero-order valence-electron chi connectivity index (χ0n) is 11.1. The number of aryl methyl sites for hydroxylation is 1. The van der Waals surface area contributed by atoms with Crippen LogP contribution in [0.2, 0.25) is 0 Å². The lowest BCUT2D eigenvalue weighted by Gasteiger charge is -2.19. The number of rotatable bonds is 5. The molecule has 2 aromatic rings. The molecular weight excluding hydrogens is 240 g/mol. The zero-order chi connectivity index (χ0) is 13.7. The van der Waals surface area contributed by atoms with E-state index in [1.807, 2.05) is 48.1 Å². The molecule has 1 aromatic heterocycles. The summed E-state index contributed by atoms with van der Waals surface area (Å²) in [5.41, 5.74) is 1.02. The van der Waals surface area contributed by atoms with Crippen molar-refractivity contribution in [1.29, 1.82) is 0 Å². The number of carbonyl (C=O) groups excluding carboxylic acids is 1. The maximum absolute atomic E-state index is 11.8. The van der Waals surface area contributed by atoms with Gasteiger partial charge >= 0.3 is 0 Å². The summed E-state index contributed by atoms with van der Waals surface area (Å²) >= 11 is 0. The second-order valence-electron chi connectivity index (χ2n) is 4.34. The molecule has 5 heteroatoms. The zero-order valence-corrected chi connectivity index (χ0v) is 11.1. The first-order valence-electron chi connectivity index (χ1n) is 6.18. The fraction of sp³-hybridized carbons (Fsp3) is 0.286. The van der Waals surface area contributed by atoms with E-state index in [2.05, 4.69) is 15.6 Å². The Bertz CT molecular complexity index is 535. The topological polar surface area (TPSA) is 59.0 Å². The summed E-state index contributed by atoms with van der Waals surface area (Å²) in [5, 5.41) is 5.84. The Balaban J connectivity index is 2.29. The minimum atomic E-state index is -0.234. The van der Waals surface area contributed by atoms with Crippen LogP contribution >= 0.6 is 0 Å². The number of benzene rings is 1. The minimum absolute atomic E-state index is 0.0562. The van der Waals surface area contributed by atoms with E-state index in [-0.39, 0.29) is 18.5 Å². The predicted molar refractivity (Wildman–Crippen MR) is 73.6 cm³/mol. The van der Waals surface area contributed by atoms with E-state index < -0.39 is 0 Å². The van der Waals surface area contributed by atoms with Crippen molar-refractivity contribution in [2.24, 2.45) is 7.05 Å². The van der Waals surface area contributed by atoms with Gasteiger partial charge in [-0.15, -0.1) is 0 Å². The number of nitrogens with one attached hydrogen (secondary N) is 2. The molecule has 1 aromatic carbocycles. The Hall–Kier alpha value is -2.14. The maximum atomic E-state index is 11.8. The molecule has 0 aliphatic heterocycles. The van der Waals surface area contributed by atoms with Gasteiger partial charge in [0.25, 0.3) is 0 Å². The first-order valence-corrected chi connectivity index (χ1v) is 6.18. The molecule has 0 radical (unpaired) electrons. The third kappa shape index (κ3) is 3.20. The molecule has 2 rings (SSSR count). The standard InChI is InChI=1S/C14H18N4O/c1-15-10-12(19)17-13(11-6-4-3-5-7-11)14-16-8-9-18(14)2/h3-9,13,15H,10H2,1-2H3,(H,17,19)/t13-/m1/s1. The number of imidazole rings is 1. The van der Waals surface area contributed by atoms with Crippen LogP contribution < -0.4 is 10.6 Å². The summed E-state index contributed by atoms with van der Waals surface area (Å²) in [6.07, 6.45) is 3.60. The van der Waals surface area contributed by atoms with Crippen molar-refractivity contribution in [2.45, 2.75) is 6.04 Å².